The van der Waals surface area contributed by atoms with Gasteiger partial charge in [0, 0.05) is 18.3 Å². The topological polar surface area (TPSA) is 47.3 Å². The van der Waals surface area contributed by atoms with Gasteiger partial charge in [-0.25, -0.2) is 0 Å². The molecule has 0 aliphatic carbocycles. The van der Waals surface area contributed by atoms with Gasteiger partial charge in [0.2, 0.25) is 0 Å². The Kier molecular flexibility index (Phi) is 4.26. The first kappa shape index (κ1) is 10.9. The van der Waals surface area contributed by atoms with Crippen molar-refractivity contribution in [2.45, 2.75) is 6.92 Å². The van der Waals surface area contributed by atoms with Crippen molar-refractivity contribution in [3.8, 4) is 5.75 Å². The molecule has 3 nitrogen and oxygen atoms in total. The fourth-order valence-corrected chi connectivity index (χ4v) is 1.11. The summed E-state index contributed by atoms with van der Waals surface area (Å²) in [6.45, 7) is 3.72. The van der Waals surface area contributed by atoms with Gasteiger partial charge < -0.3 is 15.8 Å². The van der Waals surface area contributed by atoms with Gasteiger partial charge in [0.05, 0.1) is 7.11 Å². The Hall–Kier alpha value is -1.22. The van der Waals surface area contributed by atoms with Gasteiger partial charge in [0.25, 0.3) is 0 Å². The summed E-state index contributed by atoms with van der Waals surface area (Å²) in [5.41, 5.74) is 6.60. The lowest BCUT2D eigenvalue weighted by atomic mass is 10.2. The lowest BCUT2D eigenvalue weighted by molar-refractivity contribution is 0.415. The maximum atomic E-state index is 5.53. The van der Waals surface area contributed by atoms with Crippen molar-refractivity contribution in [2.24, 2.45) is 11.7 Å². The van der Waals surface area contributed by atoms with Crippen molar-refractivity contribution < 1.29 is 4.74 Å². The molecule has 0 saturated heterocycles. The molecule has 0 radical (unpaired) electrons. The third-order valence-electron chi connectivity index (χ3n) is 2.13. The SMILES string of the molecule is COc1cccc(NCC(C)CN)c1. The van der Waals surface area contributed by atoms with Crippen LogP contribution in [0, 0.1) is 5.92 Å². The average molecular weight is 194 g/mol. The molecule has 0 aliphatic heterocycles. The summed E-state index contributed by atoms with van der Waals surface area (Å²) in [6.07, 6.45) is 0. The molecule has 0 bridgehead atoms. The maximum Gasteiger partial charge on any atom is 0.120 e. The fraction of sp³-hybridized carbons (Fsp3) is 0.455. The van der Waals surface area contributed by atoms with E-state index in [9.17, 15) is 0 Å². The van der Waals surface area contributed by atoms with Gasteiger partial charge >= 0.3 is 0 Å². The summed E-state index contributed by atoms with van der Waals surface area (Å²) >= 11 is 0. The fourth-order valence-electron chi connectivity index (χ4n) is 1.11. The molecule has 1 rings (SSSR count). The van der Waals surface area contributed by atoms with E-state index in [1.54, 1.807) is 7.11 Å². The van der Waals surface area contributed by atoms with Crippen molar-refractivity contribution in [3.05, 3.63) is 24.3 Å². The highest BCUT2D eigenvalue weighted by Gasteiger charge is 1.99. The first-order valence-corrected chi connectivity index (χ1v) is 4.84. The molecule has 0 aromatic heterocycles. The van der Waals surface area contributed by atoms with Gasteiger partial charge in [-0.05, 0) is 24.6 Å². The Morgan fingerprint density at radius 1 is 1.50 bits per heavy atom. The van der Waals surface area contributed by atoms with Crippen molar-refractivity contribution in [2.75, 3.05) is 25.5 Å². The number of rotatable bonds is 5. The van der Waals surface area contributed by atoms with Crippen LogP contribution in [0.2, 0.25) is 0 Å². The molecule has 1 unspecified atom stereocenters. The van der Waals surface area contributed by atoms with Crippen LogP contribution in [0.4, 0.5) is 5.69 Å². The summed E-state index contributed by atoms with van der Waals surface area (Å²) in [6, 6.07) is 7.89. The number of anilines is 1. The van der Waals surface area contributed by atoms with E-state index in [0.29, 0.717) is 12.5 Å². The highest BCUT2D eigenvalue weighted by atomic mass is 16.5. The second-order valence-electron chi connectivity index (χ2n) is 3.45. The van der Waals surface area contributed by atoms with Crippen molar-refractivity contribution in [1.82, 2.24) is 0 Å². The van der Waals surface area contributed by atoms with Crippen LogP contribution in [-0.2, 0) is 0 Å². The minimum absolute atomic E-state index is 0.487. The molecule has 1 aromatic rings. The van der Waals surface area contributed by atoms with Crippen molar-refractivity contribution in [1.29, 1.82) is 0 Å². The highest BCUT2D eigenvalue weighted by Crippen LogP contribution is 2.16. The molecular weight excluding hydrogens is 176 g/mol. The predicted octanol–water partition coefficient (Wildman–Crippen LogP) is 1.70. The van der Waals surface area contributed by atoms with E-state index in [0.717, 1.165) is 18.0 Å². The van der Waals surface area contributed by atoms with E-state index < -0.39 is 0 Å². The Labute approximate surface area is 85.3 Å². The molecule has 0 spiro atoms. The first-order chi connectivity index (χ1) is 6.76. The van der Waals surface area contributed by atoms with Gasteiger partial charge in [-0.1, -0.05) is 13.0 Å². The molecule has 78 valence electrons. The van der Waals surface area contributed by atoms with Gasteiger partial charge in [-0.3, -0.25) is 0 Å². The third kappa shape index (κ3) is 3.26. The second-order valence-corrected chi connectivity index (χ2v) is 3.45. The molecule has 3 N–H and O–H groups in total. The third-order valence-corrected chi connectivity index (χ3v) is 2.13. The van der Waals surface area contributed by atoms with Gasteiger partial charge in [0.15, 0.2) is 0 Å². The molecule has 14 heavy (non-hydrogen) atoms. The zero-order valence-electron chi connectivity index (χ0n) is 8.79. The van der Waals surface area contributed by atoms with Crippen LogP contribution in [0.15, 0.2) is 24.3 Å². The van der Waals surface area contributed by atoms with Crippen LogP contribution < -0.4 is 15.8 Å². The summed E-state index contributed by atoms with van der Waals surface area (Å²) < 4.78 is 5.12. The van der Waals surface area contributed by atoms with E-state index in [2.05, 4.69) is 12.2 Å². The minimum atomic E-state index is 0.487. The van der Waals surface area contributed by atoms with E-state index in [1.807, 2.05) is 24.3 Å². The summed E-state index contributed by atoms with van der Waals surface area (Å²) in [4.78, 5) is 0. The molecule has 1 aromatic carbocycles. The maximum absolute atomic E-state index is 5.53. The molecule has 3 heteroatoms. The lowest BCUT2D eigenvalue weighted by Crippen LogP contribution is -2.19. The summed E-state index contributed by atoms with van der Waals surface area (Å²) in [5.74, 6) is 1.36. The van der Waals surface area contributed by atoms with Gasteiger partial charge in [-0.2, -0.15) is 0 Å². The molecule has 0 amide bonds. The number of hydrogen-bond donors (Lipinski definition) is 2. The monoisotopic (exact) mass is 194 g/mol. The van der Waals surface area contributed by atoms with Crippen molar-refractivity contribution in [3.63, 3.8) is 0 Å². The molecule has 0 saturated carbocycles. The zero-order valence-corrected chi connectivity index (χ0v) is 8.79. The number of nitrogens with one attached hydrogen (secondary N) is 1. The van der Waals surface area contributed by atoms with E-state index in [1.165, 1.54) is 0 Å². The zero-order chi connectivity index (χ0) is 10.4. The number of methoxy groups -OCH3 is 1. The normalized spacial score (nSPS) is 12.2. The Bertz CT molecular complexity index is 276. The predicted molar refractivity (Wildman–Crippen MR) is 59.7 cm³/mol. The van der Waals surface area contributed by atoms with Crippen LogP contribution in [-0.4, -0.2) is 20.2 Å². The summed E-state index contributed by atoms with van der Waals surface area (Å²) in [7, 11) is 1.67. The lowest BCUT2D eigenvalue weighted by Gasteiger charge is -2.11. The highest BCUT2D eigenvalue weighted by molar-refractivity contribution is 5.48. The van der Waals surface area contributed by atoms with Crippen molar-refractivity contribution >= 4 is 5.69 Å². The summed E-state index contributed by atoms with van der Waals surface area (Å²) in [5, 5.41) is 3.31. The largest absolute Gasteiger partial charge is 0.497 e. The minimum Gasteiger partial charge on any atom is -0.497 e. The van der Waals surface area contributed by atoms with Crippen LogP contribution in [0.3, 0.4) is 0 Å². The first-order valence-electron chi connectivity index (χ1n) is 4.84. The molecule has 0 aliphatic rings. The van der Waals surface area contributed by atoms with Crippen LogP contribution in [0.25, 0.3) is 0 Å². The Balaban J connectivity index is 2.50. The molecular formula is C11H18N2O. The number of hydrogen-bond acceptors (Lipinski definition) is 3. The van der Waals surface area contributed by atoms with Gasteiger partial charge in [-0.15, -0.1) is 0 Å². The van der Waals surface area contributed by atoms with E-state index >= 15 is 0 Å². The second kappa shape index (κ2) is 5.50. The smallest absolute Gasteiger partial charge is 0.120 e. The standard InChI is InChI=1S/C11H18N2O/c1-9(7-12)8-13-10-4-3-5-11(6-10)14-2/h3-6,9,13H,7-8,12H2,1-2H3. The molecule has 1 atom stereocenters. The molecule has 0 fully saturated rings. The average Bonchev–Trinajstić information content (AvgIpc) is 2.26. The van der Waals surface area contributed by atoms with Crippen LogP contribution in [0.1, 0.15) is 6.92 Å². The quantitative estimate of drug-likeness (QED) is 0.750. The van der Waals surface area contributed by atoms with Gasteiger partial charge in [0.1, 0.15) is 5.75 Å². The van der Waals surface area contributed by atoms with E-state index in [4.69, 9.17) is 10.5 Å². The van der Waals surface area contributed by atoms with Crippen LogP contribution in [0.5, 0.6) is 5.75 Å². The number of nitrogens with two attached hydrogens (primary N) is 1. The van der Waals surface area contributed by atoms with Crippen LogP contribution >= 0.6 is 0 Å². The Morgan fingerprint density at radius 2 is 2.29 bits per heavy atom. The number of benzene rings is 1. The van der Waals surface area contributed by atoms with E-state index in [-0.39, 0.29) is 0 Å². The number of ether oxygens (including phenoxy) is 1. The molecule has 0 heterocycles. The Morgan fingerprint density at radius 3 is 2.93 bits per heavy atom.